The summed E-state index contributed by atoms with van der Waals surface area (Å²) >= 11 is 0. The zero-order valence-corrected chi connectivity index (χ0v) is 9.33. The van der Waals surface area contributed by atoms with Crippen LogP contribution < -0.4 is 10.6 Å². The van der Waals surface area contributed by atoms with Crippen LogP contribution in [0.5, 0.6) is 0 Å². The molecule has 1 aromatic carbocycles. The van der Waals surface area contributed by atoms with E-state index in [-0.39, 0.29) is 6.02 Å². The van der Waals surface area contributed by atoms with Crippen LogP contribution in [-0.2, 0) is 4.74 Å². The van der Waals surface area contributed by atoms with Crippen LogP contribution in [0, 0.1) is 12.3 Å². The molecule has 5 nitrogen and oxygen atoms in total. The number of amides is 2. The molecule has 2 amide bonds. The van der Waals surface area contributed by atoms with Gasteiger partial charge in [0.05, 0.1) is 6.61 Å². The number of amidine groups is 1. The van der Waals surface area contributed by atoms with E-state index in [0.29, 0.717) is 12.3 Å². The highest BCUT2D eigenvalue weighted by Crippen LogP contribution is 2.07. The number of rotatable bonds is 2. The van der Waals surface area contributed by atoms with Crippen LogP contribution in [0.25, 0.3) is 0 Å². The van der Waals surface area contributed by atoms with E-state index in [2.05, 4.69) is 10.6 Å². The summed E-state index contributed by atoms with van der Waals surface area (Å²) in [5.74, 6) is 0. The zero-order chi connectivity index (χ0) is 12.0. The maximum absolute atomic E-state index is 11.3. The number of anilines is 1. The molecular formula is C11H15N3O2. The maximum Gasteiger partial charge on any atom is 0.327 e. The number of hydrogen-bond acceptors (Lipinski definition) is 3. The van der Waals surface area contributed by atoms with Crippen molar-refractivity contribution in [2.75, 3.05) is 11.9 Å². The van der Waals surface area contributed by atoms with Crippen LogP contribution in [0.3, 0.4) is 0 Å². The first-order chi connectivity index (χ1) is 7.61. The molecular weight excluding hydrogens is 206 g/mol. The van der Waals surface area contributed by atoms with Crippen molar-refractivity contribution in [1.82, 2.24) is 5.32 Å². The Morgan fingerprint density at radius 1 is 1.38 bits per heavy atom. The molecule has 0 unspecified atom stereocenters. The average molecular weight is 221 g/mol. The first-order valence-corrected chi connectivity index (χ1v) is 4.98. The number of carbonyl (C=O) groups is 1. The lowest BCUT2D eigenvalue weighted by molar-refractivity contribution is 0.250. The van der Waals surface area contributed by atoms with Gasteiger partial charge in [-0.25, -0.2) is 4.79 Å². The van der Waals surface area contributed by atoms with Gasteiger partial charge in [-0.05, 0) is 26.0 Å². The lowest BCUT2D eigenvalue weighted by atomic mass is 10.2. The Morgan fingerprint density at radius 2 is 2.00 bits per heavy atom. The predicted molar refractivity (Wildman–Crippen MR) is 62.7 cm³/mol. The molecule has 0 aliphatic carbocycles. The van der Waals surface area contributed by atoms with Crippen LogP contribution in [0.15, 0.2) is 24.3 Å². The maximum atomic E-state index is 11.3. The van der Waals surface area contributed by atoms with Gasteiger partial charge in [0.2, 0.25) is 0 Å². The molecule has 0 heterocycles. The Hall–Kier alpha value is -2.04. The van der Waals surface area contributed by atoms with Crippen LogP contribution in [-0.4, -0.2) is 18.7 Å². The summed E-state index contributed by atoms with van der Waals surface area (Å²) in [5, 5.41) is 12.1. The molecule has 5 heteroatoms. The third kappa shape index (κ3) is 4.00. The second kappa shape index (κ2) is 5.75. The van der Waals surface area contributed by atoms with Crippen molar-refractivity contribution in [3.05, 3.63) is 29.8 Å². The topological polar surface area (TPSA) is 74.2 Å². The number of aryl methyl sites for hydroxylation is 1. The van der Waals surface area contributed by atoms with Crippen molar-refractivity contribution in [2.45, 2.75) is 13.8 Å². The summed E-state index contributed by atoms with van der Waals surface area (Å²) in [5.41, 5.74) is 1.79. The lowest BCUT2D eigenvalue weighted by Gasteiger charge is -2.08. The molecule has 0 aliphatic rings. The standard InChI is InChI=1S/C11H15N3O2/c1-3-16-10(12)14-11(15)13-9-6-4-8(2)5-7-9/h4-7H,3H2,1-2H3,(H3,12,13,14,15). The van der Waals surface area contributed by atoms with Crippen molar-refractivity contribution >= 4 is 17.7 Å². The largest absolute Gasteiger partial charge is 0.465 e. The lowest BCUT2D eigenvalue weighted by Crippen LogP contribution is -2.35. The Kier molecular flexibility index (Phi) is 4.32. The predicted octanol–water partition coefficient (Wildman–Crippen LogP) is 2.09. The first-order valence-electron chi connectivity index (χ1n) is 4.98. The molecule has 3 N–H and O–H groups in total. The fourth-order valence-corrected chi connectivity index (χ4v) is 1.08. The van der Waals surface area contributed by atoms with Gasteiger partial charge in [0.25, 0.3) is 6.02 Å². The van der Waals surface area contributed by atoms with Crippen molar-refractivity contribution < 1.29 is 9.53 Å². The quantitative estimate of drug-likeness (QED) is 0.528. The Labute approximate surface area is 94.3 Å². The highest BCUT2D eigenvalue weighted by atomic mass is 16.5. The normalized spacial score (nSPS) is 9.38. The minimum absolute atomic E-state index is 0.257. The van der Waals surface area contributed by atoms with E-state index in [9.17, 15) is 4.79 Å². The minimum Gasteiger partial charge on any atom is -0.465 e. The van der Waals surface area contributed by atoms with E-state index in [1.165, 1.54) is 0 Å². The van der Waals surface area contributed by atoms with Crippen LogP contribution >= 0.6 is 0 Å². The SMILES string of the molecule is CCOC(=N)NC(=O)Nc1ccc(C)cc1. The van der Waals surface area contributed by atoms with Gasteiger partial charge in [0, 0.05) is 5.69 Å². The molecule has 0 saturated heterocycles. The number of carbonyl (C=O) groups excluding carboxylic acids is 1. The number of hydrogen-bond donors (Lipinski definition) is 3. The fourth-order valence-electron chi connectivity index (χ4n) is 1.08. The van der Waals surface area contributed by atoms with E-state index in [0.717, 1.165) is 5.56 Å². The zero-order valence-electron chi connectivity index (χ0n) is 9.33. The van der Waals surface area contributed by atoms with E-state index in [1.807, 2.05) is 19.1 Å². The van der Waals surface area contributed by atoms with Crippen LogP contribution in [0.2, 0.25) is 0 Å². The van der Waals surface area contributed by atoms with Gasteiger partial charge < -0.3 is 10.1 Å². The summed E-state index contributed by atoms with van der Waals surface area (Å²) in [6.07, 6.45) is 0. The number of nitrogens with one attached hydrogen (secondary N) is 3. The summed E-state index contributed by atoms with van der Waals surface area (Å²) < 4.78 is 4.78. The summed E-state index contributed by atoms with van der Waals surface area (Å²) in [6.45, 7) is 4.06. The van der Waals surface area contributed by atoms with Gasteiger partial charge in [-0.15, -0.1) is 0 Å². The van der Waals surface area contributed by atoms with E-state index < -0.39 is 6.03 Å². The van der Waals surface area contributed by atoms with Gasteiger partial charge in [0.1, 0.15) is 0 Å². The van der Waals surface area contributed by atoms with Gasteiger partial charge in [0.15, 0.2) is 0 Å². The van der Waals surface area contributed by atoms with E-state index in [1.54, 1.807) is 19.1 Å². The molecule has 0 aromatic heterocycles. The molecule has 16 heavy (non-hydrogen) atoms. The molecule has 0 fully saturated rings. The van der Waals surface area contributed by atoms with Gasteiger partial charge in [-0.1, -0.05) is 17.7 Å². The summed E-state index contributed by atoms with van der Waals surface area (Å²) in [6, 6.07) is 6.63. The molecule has 1 rings (SSSR count). The van der Waals surface area contributed by atoms with Gasteiger partial charge in [-0.2, -0.15) is 0 Å². The molecule has 1 aromatic rings. The Bertz CT molecular complexity index is 373. The van der Waals surface area contributed by atoms with Gasteiger partial charge >= 0.3 is 6.03 Å². The van der Waals surface area contributed by atoms with Crippen LogP contribution in [0.4, 0.5) is 10.5 Å². The molecule has 0 saturated carbocycles. The van der Waals surface area contributed by atoms with Crippen molar-refractivity contribution in [2.24, 2.45) is 0 Å². The van der Waals surface area contributed by atoms with Crippen molar-refractivity contribution in [3.8, 4) is 0 Å². The second-order valence-electron chi connectivity index (χ2n) is 3.21. The molecule has 0 spiro atoms. The smallest absolute Gasteiger partial charge is 0.327 e. The molecule has 0 bridgehead atoms. The Balaban J connectivity index is 2.45. The highest BCUT2D eigenvalue weighted by molar-refractivity contribution is 5.99. The Morgan fingerprint density at radius 3 is 2.56 bits per heavy atom. The molecule has 0 aliphatic heterocycles. The first kappa shape index (κ1) is 12.0. The van der Waals surface area contributed by atoms with Crippen molar-refractivity contribution in [3.63, 3.8) is 0 Å². The molecule has 86 valence electrons. The number of ether oxygens (including phenoxy) is 1. The van der Waals surface area contributed by atoms with Crippen LogP contribution in [0.1, 0.15) is 12.5 Å². The number of urea groups is 1. The third-order valence-corrected chi connectivity index (χ3v) is 1.83. The van der Waals surface area contributed by atoms with Crippen molar-refractivity contribution in [1.29, 1.82) is 5.41 Å². The van der Waals surface area contributed by atoms with E-state index >= 15 is 0 Å². The molecule has 0 radical (unpaired) electrons. The minimum atomic E-state index is -0.484. The highest BCUT2D eigenvalue weighted by Gasteiger charge is 2.04. The summed E-state index contributed by atoms with van der Waals surface area (Å²) in [7, 11) is 0. The van der Waals surface area contributed by atoms with E-state index in [4.69, 9.17) is 10.1 Å². The average Bonchev–Trinajstić information content (AvgIpc) is 2.21. The van der Waals surface area contributed by atoms with Gasteiger partial charge in [-0.3, -0.25) is 10.7 Å². The number of benzene rings is 1. The summed E-state index contributed by atoms with van der Waals surface area (Å²) in [4.78, 5) is 11.3. The monoisotopic (exact) mass is 221 g/mol. The second-order valence-corrected chi connectivity index (χ2v) is 3.21. The molecule has 0 atom stereocenters. The third-order valence-electron chi connectivity index (χ3n) is 1.83. The fraction of sp³-hybridized carbons (Fsp3) is 0.273.